The number of furan rings is 1. The molecular weight excluding hydrogens is 592 g/mol. The van der Waals surface area contributed by atoms with Gasteiger partial charge < -0.3 is 23.9 Å². The first-order valence-corrected chi connectivity index (χ1v) is 15.3. The molecule has 3 heterocycles. The van der Waals surface area contributed by atoms with Gasteiger partial charge in [-0.3, -0.25) is 14.5 Å². The summed E-state index contributed by atoms with van der Waals surface area (Å²) in [7, 11) is 4.79. The van der Waals surface area contributed by atoms with E-state index in [0.29, 0.717) is 40.2 Å². The first kappa shape index (κ1) is 29.9. The van der Waals surface area contributed by atoms with E-state index in [9.17, 15) is 9.59 Å². The molecule has 2 amide bonds. The third kappa shape index (κ3) is 6.12. The van der Waals surface area contributed by atoms with Gasteiger partial charge in [-0.1, -0.05) is 36.4 Å². The van der Waals surface area contributed by atoms with Gasteiger partial charge in [0.2, 0.25) is 11.8 Å². The number of nitrogens with one attached hydrogen (secondary N) is 1. The van der Waals surface area contributed by atoms with Crippen LogP contribution in [0.2, 0.25) is 0 Å². The number of thioether (sulfide) groups is 1. The normalized spacial score (nSPS) is 14.4. The highest BCUT2D eigenvalue weighted by molar-refractivity contribution is 8.00. The lowest BCUT2D eigenvalue weighted by molar-refractivity contribution is -0.123. The molecule has 1 aliphatic rings. The van der Waals surface area contributed by atoms with Gasteiger partial charge in [0, 0.05) is 11.1 Å². The smallest absolute Gasteiger partial charge is 0.240 e. The summed E-state index contributed by atoms with van der Waals surface area (Å²) in [5.41, 5.74) is 4.00. The average molecular weight is 625 g/mol. The fourth-order valence-electron chi connectivity index (χ4n) is 5.31. The van der Waals surface area contributed by atoms with Crippen LogP contribution in [0.1, 0.15) is 22.1 Å². The van der Waals surface area contributed by atoms with E-state index >= 15 is 0 Å². The number of amides is 2. The quantitative estimate of drug-likeness (QED) is 0.213. The molecule has 6 rings (SSSR count). The van der Waals surface area contributed by atoms with Gasteiger partial charge in [0.15, 0.2) is 11.5 Å². The number of carbonyl (C=O) groups is 2. The number of rotatable bonds is 10. The number of methoxy groups -OCH3 is 3. The Bertz CT molecular complexity index is 1790. The Morgan fingerprint density at radius 1 is 0.956 bits per heavy atom. The number of benzene rings is 3. The number of carbonyl (C=O) groups excluding carboxylic acids is 2. The van der Waals surface area contributed by atoms with Gasteiger partial charge in [-0.25, -0.2) is 4.68 Å². The summed E-state index contributed by atoms with van der Waals surface area (Å²) in [6.07, 6.45) is 1.55. The number of fused-ring (bicyclic) bond motifs is 1. The summed E-state index contributed by atoms with van der Waals surface area (Å²) in [6, 6.07) is 26.6. The van der Waals surface area contributed by atoms with Gasteiger partial charge in [0.05, 0.1) is 56.5 Å². The van der Waals surface area contributed by atoms with Crippen molar-refractivity contribution in [3.63, 3.8) is 0 Å². The highest BCUT2D eigenvalue weighted by Crippen LogP contribution is 2.49. The molecule has 1 aliphatic heterocycles. The molecule has 0 fully saturated rings. The van der Waals surface area contributed by atoms with Crippen LogP contribution >= 0.6 is 11.8 Å². The molecule has 0 spiro atoms. The van der Waals surface area contributed by atoms with Crippen LogP contribution in [0.25, 0.3) is 16.9 Å². The van der Waals surface area contributed by atoms with E-state index in [1.165, 1.54) is 16.7 Å². The molecule has 3 aromatic carbocycles. The van der Waals surface area contributed by atoms with Crippen molar-refractivity contribution >= 4 is 29.4 Å². The maximum atomic E-state index is 14.0. The lowest BCUT2D eigenvalue weighted by Gasteiger charge is -2.23. The Kier molecular flexibility index (Phi) is 8.79. The molecule has 0 unspecified atom stereocenters. The number of aromatic nitrogens is 2. The molecule has 45 heavy (non-hydrogen) atoms. The summed E-state index contributed by atoms with van der Waals surface area (Å²) in [4.78, 5) is 28.9. The number of nitrogens with zero attached hydrogens (tertiary/aromatic N) is 3. The fourth-order valence-corrected chi connectivity index (χ4v) is 6.50. The molecule has 11 heteroatoms. The minimum absolute atomic E-state index is 0.135. The van der Waals surface area contributed by atoms with Crippen molar-refractivity contribution in [1.82, 2.24) is 15.1 Å². The zero-order valence-electron chi connectivity index (χ0n) is 25.1. The van der Waals surface area contributed by atoms with Crippen molar-refractivity contribution in [1.29, 1.82) is 0 Å². The van der Waals surface area contributed by atoms with Crippen molar-refractivity contribution in [2.75, 3.05) is 38.5 Å². The third-order valence-corrected chi connectivity index (χ3v) is 8.76. The third-order valence-electron chi connectivity index (χ3n) is 7.51. The number of hydrogen-bond acceptors (Lipinski definition) is 8. The summed E-state index contributed by atoms with van der Waals surface area (Å²) < 4.78 is 23.7. The first-order valence-electron chi connectivity index (χ1n) is 14.3. The van der Waals surface area contributed by atoms with Crippen LogP contribution in [-0.4, -0.2) is 55.2 Å². The Hall–Kier alpha value is -5.16. The molecule has 0 radical (unpaired) electrons. The van der Waals surface area contributed by atoms with Crippen LogP contribution in [0.5, 0.6) is 17.2 Å². The Balaban J connectivity index is 1.54. The van der Waals surface area contributed by atoms with Crippen LogP contribution in [0.4, 0.5) is 5.82 Å². The highest BCUT2D eigenvalue weighted by Gasteiger charge is 2.38. The minimum atomic E-state index is -0.331. The Morgan fingerprint density at radius 2 is 1.73 bits per heavy atom. The van der Waals surface area contributed by atoms with Gasteiger partial charge in [0.1, 0.15) is 23.9 Å². The van der Waals surface area contributed by atoms with Crippen LogP contribution in [0.15, 0.2) is 95.6 Å². The molecule has 0 saturated carbocycles. The second-order valence-electron chi connectivity index (χ2n) is 10.2. The largest absolute Gasteiger partial charge is 0.497 e. The lowest BCUT2D eigenvalue weighted by atomic mass is 9.99. The molecule has 0 aliphatic carbocycles. The zero-order valence-corrected chi connectivity index (χ0v) is 25.9. The number of hydrogen-bond donors (Lipinski definition) is 1. The van der Waals surface area contributed by atoms with Crippen LogP contribution in [0, 0.1) is 0 Å². The second-order valence-corrected chi connectivity index (χ2v) is 11.3. The maximum absolute atomic E-state index is 14.0. The van der Waals surface area contributed by atoms with E-state index in [4.69, 9.17) is 23.7 Å². The fraction of sp³-hybridized carbons (Fsp3) is 0.206. The van der Waals surface area contributed by atoms with Gasteiger partial charge in [-0.05, 0) is 54.1 Å². The second kappa shape index (κ2) is 13.2. The summed E-state index contributed by atoms with van der Waals surface area (Å²) >= 11 is 1.48. The van der Waals surface area contributed by atoms with Crippen molar-refractivity contribution in [2.45, 2.75) is 11.8 Å². The van der Waals surface area contributed by atoms with E-state index in [1.807, 2.05) is 72.8 Å². The van der Waals surface area contributed by atoms with Crippen LogP contribution < -0.4 is 24.4 Å². The monoisotopic (exact) mass is 624 g/mol. The molecule has 1 N–H and O–H groups in total. The Morgan fingerprint density at radius 3 is 2.42 bits per heavy atom. The van der Waals surface area contributed by atoms with Crippen LogP contribution in [-0.2, 0) is 16.1 Å². The predicted molar refractivity (Wildman–Crippen MR) is 172 cm³/mol. The van der Waals surface area contributed by atoms with E-state index in [0.717, 1.165) is 16.7 Å². The van der Waals surface area contributed by atoms with Gasteiger partial charge in [0.25, 0.3) is 0 Å². The maximum Gasteiger partial charge on any atom is 0.240 e. The van der Waals surface area contributed by atoms with E-state index in [2.05, 4.69) is 5.32 Å². The summed E-state index contributed by atoms with van der Waals surface area (Å²) in [6.45, 7) is -0.00141. The molecule has 0 saturated heterocycles. The first-order chi connectivity index (χ1) is 22.0. The highest BCUT2D eigenvalue weighted by atomic mass is 32.2. The molecular formula is C34H32N4O6S. The summed E-state index contributed by atoms with van der Waals surface area (Å²) in [5, 5.41) is 7.67. The number of ether oxygens (including phenoxy) is 3. The predicted octanol–water partition coefficient (Wildman–Crippen LogP) is 5.64. The van der Waals surface area contributed by atoms with Crippen molar-refractivity contribution in [3.8, 4) is 34.2 Å². The zero-order chi connectivity index (χ0) is 31.3. The molecule has 1 atom stereocenters. The number of anilines is 1. The average Bonchev–Trinajstić information content (AvgIpc) is 3.72. The standard InChI is InChI=1S/C34H32N4O6S/c1-41-25-14-12-24(13-15-25)38-34-31(32(36-38)22-8-5-4-6-9-22)33(23-11-16-27(42-2)28(18-23)43-3)45-21-30(40)37(34)20-29(39)35-19-26-10-7-17-44-26/h4-18,33H,19-21H2,1-3H3,(H,35,39)/t33-/m0/s1. The van der Waals surface area contributed by atoms with E-state index < -0.39 is 0 Å². The van der Waals surface area contributed by atoms with Gasteiger partial charge in [-0.2, -0.15) is 5.10 Å². The topological polar surface area (TPSA) is 108 Å². The minimum Gasteiger partial charge on any atom is -0.497 e. The van der Waals surface area contributed by atoms with Gasteiger partial charge >= 0.3 is 0 Å². The molecule has 230 valence electrons. The molecule has 0 bridgehead atoms. The van der Waals surface area contributed by atoms with Gasteiger partial charge in [-0.15, -0.1) is 11.8 Å². The molecule has 10 nitrogen and oxygen atoms in total. The van der Waals surface area contributed by atoms with Crippen molar-refractivity contribution in [3.05, 3.63) is 108 Å². The van der Waals surface area contributed by atoms with Crippen LogP contribution in [0.3, 0.4) is 0 Å². The SMILES string of the molecule is COc1ccc(-n2nc(-c3ccccc3)c3c2N(CC(=O)NCc2ccco2)C(=O)CS[C@H]3c2ccc(OC)c(OC)c2)cc1. The molecule has 2 aromatic heterocycles. The molecule has 5 aromatic rings. The van der Waals surface area contributed by atoms with Crippen molar-refractivity contribution < 1.29 is 28.2 Å². The summed E-state index contributed by atoms with van der Waals surface area (Å²) in [5.74, 6) is 2.58. The van der Waals surface area contributed by atoms with E-state index in [1.54, 1.807) is 44.4 Å². The van der Waals surface area contributed by atoms with Crippen molar-refractivity contribution in [2.24, 2.45) is 0 Å². The Labute approximate surface area is 264 Å². The van der Waals surface area contributed by atoms with E-state index in [-0.39, 0.29) is 35.9 Å². The lowest BCUT2D eigenvalue weighted by Crippen LogP contribution is -2.42.